The number of nitrogens with one attached hydrogen (secondary N) is 1. The molecule has 0 bridgehead atoms. The summed E-state index contributed by atoms with van der Waals surface area (Å²) in [5.74, 6) is 6.54. The molecule has 3 aromatic rings. The highest BCUT2D eigenvalue weighted by molar-refractivity contribution is 9.10. The fraction of sp³-hybridized carbons (Fsp3) is 0.0588. The zero-order valence-electron chi connectivity index (χ0n) is 10.9. The molecule has 0 radical (unpaired) electrons. The standard InChI is InChI=1S/C17H12BrNO/c1-11-16-13(3-2-4-15(16)19-17(11)20)8-5-12-6-9-14(18)10-7-12/h2-4,6-7,9-10,19-20H,1H3. The number of aryl methyl sites for hydroxylation is 1. The first kappa shape index (κ1) is 12.8. The highest BCUT2D eigenvalue weighted by atomic mass is 79.9. The average Bonchev–Trinajstić information content (AvgIpc) is 2.74. The SMILES string of the molecule is Cc1c(O)[nH]c2cccc(C#Cc3ccc(Br)cc3)c12. The van der Waals surface area contributed by atoms with Gasteiger partial charge in [0.1, 0.15) is 0 Å². The highest BCUT2D eigenvalue weighted by Gasteiger charge is 2.08. The van der Waals surface area contributed by atoms with Gasteiger partial charge in [0, 0.05) is 32.1 Å². The van der Waals surface area contributed by atoms with Crippen molar-refractivity contribution in [3.8, 4) is 17.7 Å². The van der Waals surface area contributed by atoms with E-state index in [9.17, 15) is 5.11 Å². The van der Waals surface area contributed by atoms with Crippen molar-refractivity contribution in [3.63, 3.8) is 0 Å². The predicted octanol–water partition coefficient (Wildman–Crippen LogP) is 4.34. The maximum atomic E-state index is 9.77. The molecule has 0 unspecified atom stereocenters. The lowest BCUT2D eigenvalue weighted by atomic mass is 10.1. The molecule has 0 fully saturated rings. The average molecular weight is 326 g/mol. The zero-order valence-corrected chi connectivity index (χ0v) is 12.5. The minimum absolute atomic E-state index is 0.206. The molecule has 0 spiro atoms. The van der Waals surface area contributed by atoms with E-state index in [0.717, 1.165) is 32.1 Å². The summed E-state index contributed by atoms with van der Waals surface area (Å²) >= 11 is 3.41. The van der Waals surface area contributed by atoms with Gasteiger partial charge in [-0.05, 0) is 43.3 Å². The van der Waals surface area contributed by atoms with Crippen LogP contribution in [0.2, 0.25) is 0 Å². The molecular weight excluding hydrogens is 314 g/mol. The summed E-state index contributed by atoms with van der Waals surface area (Å²) in [5, 5.41) is 10.8. The van der Waals surface area contributed by atoms with Crippen molar-refractivity contribution in [1.29, 1.82) is 0 Å². The van der Waals surface area contributed by atoms with Crippen molar-refractivity contribution in [1.82, 2.24) is 4.98 Å². The maximum Gasteiger partial charge on any atom is 0.192 e. The Balaban J connectivity index is 2.10. The normalized spacial score (nSPS) is 10.3. The second-order valence-corrected chi connectivity index (χ2v) is 5.50. The third kappa shape index (κ3) is 2.31. The molecule has 0 aliphatic rings. The van der Waals surface area contributed by atoms with Crippen LogP contribution in [0.5, 0.6) is 5.88 Å². The number of aromatic amines is 1. The number of aromatic hydroxyl groups is 1. The first-order chi connectivity index (χ1) is 9.65. The molecule has 2 N–H and O–H groups in total. The molecular formula is C17H12BrNO. The lowest BCUT2D eigenvalue weighted by molar-refractivity contribution is 0.454. The zero-order chi connectivity index (χ0) is 14.1. The van der Waals surface area contributed by atoms with Gasteiger partial charge in [0.05, 0.1) is 0 Å². The van der Waals surface area contributed by atoms with Gasteiger partial charge in [0.25, 0.3) is 0 Å². The molecule has 0 aliphatic heterocycles. The summed E-state index contributed by atoms with van der Waals surface area (Å²) in [5.41, 5.74) is 3.62. The molecule has 20 heavy (non-hydrogen) atoms. The van der Waals surface area contributed by atoms with Crippen LogP contribution in [-0.2, 0) is 0 Å². The molecule has 0 atom stereocenters. The minimum atomic E-state index is 0.206. The van der Waals surface area contributed by atoms with Crippen molar-refractivity contribution >= 4 is 26.8 Å². The first-order valence-electron chi connectivity index (χ1n) is 6.23. The largest absolute Gasteiger partial charge is 0.494 e. The Hall–Kier alpha value is -2.18. The third-order valence-electron chi connectivity index (χ3n) is 3.23. The summed E-state index contributed by atoms with van der Waals surface area (Å²) < 4.78 is 1.04. The van der Waals surface area contributed by atoms with Crippen LogP contribution in [0.4, 0.5) is 0 Å². The van der Waals surface area contributed by atoms with E-state index in [4.69, 9.17) is 0 Å². The van der Waals surface area contributed by atoms with Crippen LogP contribution < -0.4 is 0 Å². The van der Waals surface area contributed by atoms with Gasteiger partial charge in [-0.15, -0.1) is 0 Å². The van der Waals surface area contributed by atoms with Gasteiger partial charge >= 0.3 is 0 Å². The Morgan fingerprint density at radius 1 is 1.05 bits per heavy atom. The van der Waals surface area contributed by atoms with Crippen molar-refractivity contribution in [2.45, 2.75) is 6.92 Å². The fourth-order valence-corrected chi connectivity index (χ4v) is 2.44. The summed E-state index contributed by atoms with van der Waals surface area (Å²) in [7, 11) is 0. The van der Waals surface area contributed by atoms with Gasteiger partial charge in [0.15, 0.2) is 5.88 Å². The fourth-order valence-electron chi connectivity index (χ4n) is 2.18. The van der Waals surface area contributed by atoms with Gasteiger partial charge in [-0.2, -0.15) is 0 Å². The molecule has 2 nitrogen and oxygen atoms in total. The topological polar surface area (TPSA) is 36.0 Å². The number of hydrogen-bond acceptors (Lipinski definition) is 1. The van der Waals surface area contributed by atoms with E-state index in [-0.39, 0.29) is 5.88 Å². The van der Waals surface area contributed by atoms with Crippen LogP contribution >= 0.6 is 15.9 Å². The number of fused-ring (bicyclic) bond motifs is 1. The molecule has 98 valence electrons. The number of rotatable bonds is 0. The Morgan fingerprint density at radius 3 is 2.55 bits per heavy atom. The van der Waals surface area contributed by atoms with Gasteiger partial charge in [0.2, 0.25) is 0 Å². The first-order valence-corrected chi connectivity index (χ1v) is 7.02. The molecule has 2 aromatic carbocycles. The second kappa shape index (κ2) is 5.07. The number of benzene rings is 2. The van der Waals surface area contributed by atoms with Crippen LogP contribution in [0.15, 0.2) is 46.9 Å². The number of aromatic nitrogens is 1. The number of H-pyrrole nitrogens is 1. The lowest BCUT2D eigenvalue weighted by Crippen LogP contribution is -1.79. The molecule has 1 aromatic heterocycles. The smallest absolute Gasteiger partial charge is 0.192 e. The quantitative estimate of drug-likeness (QED) is 0.592. The monoisotopic (exact) mass is 325 g/mol. The predicted molar refractivity (Wildman–Crippen MR) is 84.8 cm³/mol. The molecule has 1 heterocycles. The van der Waals surface area contributed by atoms with E-state index < -0.39 is 0 Å². The minimum Gasteiger partial charge on any atom is -0.494 e. The van der Waals surface area contributed by atoms with Crippen LogP contribution in [0.3, 0.4) is 0 Å². The highest BCUT2D eigenvalue weighted by Crippen LogP contribution is 2.28. The molecule has 3 heteroatoms. The molecule has 0 saturated carbocycles. The van der Waals surface area contributed by atoms with Crippen molar-refractivity contribution in [2.75, 3.05) is 0 Å². The third-order valence-corrected chi connectivity index (χ3v) is 3.76. The van der Waals surface area contributed by atoms with E-state index in [1.807, 2.05) is 49.4 Å². The van der Waals surface area contributed by atoms with Crippen molar-refractivity contribution in [3.05, 3.63) is 63.6 Å². The number of halogens is 1. The van der Waals surface area contributed by atoms with Gasteiger partial charge in [-0.3, -0.25) is 0 Å². The Labute approximate surface area is 125 Å². The van der Waals surface area contributed by atoms with E-state index in [2.05, 4.69) is 32.8 Å². The molecule has 0 amide bonds. The maximum absolute atomic E-state index is 9.77. The summed E-state index contributed by atoms with van der Waals surface area (Å²) in [6, 6.07) is 13.7. The molecule has 3 rings (SSSR count). The summed E-state index contributed by atoms with van der Waals surface area (Å²) in [4.78, 5) is 2.95. The Morgan fingerprint density at radius 2 is 1.80 bits per heavy atom. The Kier molecular flexibility index (Phi) is 3.25. The van der Waals surface area contributed by atoms with E-state index >= 15 is 0 Å². The summed E-state index contributed by atoms with van der Waals surface area (Å²) in [6.45, 7) is 1.89. The van der Waals surface area contributed by atoms with Crippen LogP contribution in [0.25, 0.3) is 10.9 Å². The van der Waals surface area contributed by atoms with Crippen LogP contribution in [0.1, 0.15) is 16.7 Å². The Bertz CT molecular complexity index is 835. The van der Waals surface area contributed by atoms with Crippen LogP contribution in [-0.4, -0.2) is 10.1 Å². The van der Waals surface area contributed by atoms with Crippen molar-refractivity contribution in [2.24, 2.45) is 0 Å². The number of hydrogen-bond donors (Lipinski definition) is 2. The van der Waals surface area contributed by atoms with E-state index in [1.54, 1.807) is 0 Å². The lowest BCUT2D eigenvalue weighted by Gasteiger charge is -1.96. The molecule has 0 saturated heterocycles. The molecule has 0 aliphatic carbocycles. The van der Waals surface area contributed by atoms with E-state index in [0.29, 0.717) is 0 Å². The van der Waals surface area contributed by atoms with Crippen LogP contribution in [0, 0.1) is 18.8 Å². The van der Waals surface area contributed by atoms with E-state index in [1.165, 1.54) is 0 Å². The van der Waals surface area contributed by atoms with Gasteiger partial charge in [-0.1, -0.05) is 33.8 Å². The van der Waals surface area contributed by atoms with Gasteiger partial charge < -0.3 is 10.1 Å². The van der Waals surface area contributed by atoms with Gasteiger partial charge in [-0.25, -0.2) is 0 Å². The van der Waals surface area contributed by atoms with Crippen molar-refractivity contribution < 1.29 is 5.11 Å². The second-order valence-electron chi connectivity index (χ2n) is 4.58. The summed E-state index contributed by atoms with van der Waals surface area (Å²) in [6.07, 6.45) is 0.